The smallest absolute Gasteiger partial charge is 0.256 e. The summed E-state index contributed by atoms with van der Waals surface area (Å²) in [5.41, 5.74) is 4.98. The Morgan fingerprint density at radius 2 is 1.85 bits per heavy atom. The minimum absolute atomic E-state index is 0.185. The van der Waals surface area contributed by atoms with Crippen molar-refractivity contribution in [3.05, 3.63) is 29.3 Å². The third-order valence-electron chi connectivity index (χ3n) is 3.02. The number of anilines is 1. The molecule has 0 atom stereocenters. The van der Waals surface area contributed by atoms with E-state index in [0.29, 0.717) is 19.2 Å². The van der Waals surface area contributed by atoms with Gasteiger partial charge in [0.2, 0.25) is 0 Å². The maximum Gasteiger partial charge on any atom is 0.256 e. The number of hydrogen-bond acceptors (Lipinski definition) is 3. The van der Waals surface area contributed by atoms with E-state index in [0.717, 1.165) is 19.0 Å². The molecule has 0 spiro atoms. The van der Waals surface area contributed by atoms with Crippen LogP contribution >= 0.6 is 0 Å². The van der Waals surface area contributed by atoms with Crippen molar-refractivity contribution in [3.8, 4) is 0 Å². The Kier molecular flexibility index (Phi) is 5.88. The Balaban J connectivity index is 2.83. The number of nitrogen functional groups attached to an aromatic ring is 1. The summed E-state index contributed by atoms with van der Waals surface area (Å²) in [5.74, 6) is -2.20. The van der Waals surface area contributed by atoms with Crippen molar-refractivity contribution in [2.45, 2.75) is 13.3 Å². The molecule has 1 amide bonds. The molecule has 1 aromatic rings. The minimum atomic E-state index is -0.882. The molecule has 0 fully saturated rings. The van der Waals surface area contributed by atoms with Gasteiger partial charge < -0.3 is 15.5 Å². The van der Waals surface area contributed by atoms with Crippen molar-refractivity contribution in [1.29, 1.82) is 0 Å². The van der Waals surface area contributed by atoms with Crippen molar-refractivity contribution >= 4 is 11.6 Å². The van der Waals surface area contributed by atoms with Gasteiger partial charge in [0.25, 0.3) is 5.91 Å². The van der Waals surface area contributed by atoms with Crippen LogP contribution in [-0.4, -0.2) is 49.4 Å². The molecule has 2 N–H and O–H groups in total. The highest BCUT2D eigenvalue weighted by molar-refractivity contribution is 5.95. The van der Waals surface area contributed by atoms with Gasteiger partial charge in [0.15, 0.2) is 0 Å². The van der Waals surface area contributed by atoms with Crippen LogP contribution in [0.2, 0.25) is 0 Å². The second kappa shape index (κ2) is 7.19. The lowest BCUT2D eigenvalue weighted by atomic mass is 10.1. The van der Waals surface area contributed by atoms with Gasteiger partial charge in [-0.2, -0.15) is 0 Å². The standard InChI is InChI=1S/C14H21F2N3O/c1-4-19(7-5-6-18(2)3)14(20)10-8-13(17)12(16)9-11(10)15/h8-9H,4-7,17H2,1-3H3. The van der Waals surface area contributed by atoms with E-state index in [4.69, 9.17) is 5.73 Å². The van der Waals surface area contributed by atoms with Crippen molar-refractivity contribution in [2.24, 2.45) is 0 Å². The monoisotopic (exact) mass is 285 g/mol. The fraction of sp³-hybridized carbons (Fsp3) is 0.500. The summed E-state index contributed by atoms with van der Waals surface area (Å²) in [5, 5.41) is 0. The van der Waals surface area contributed by atoms with Crippen LogP contribution in [-0.2, 0) is 0 Å². The quantitative estimate of drug-likeness (QED) is 0.813. The molecule has 112 valence electrons. The van der Waals surface area contributed by atoms with Crippen molar-refractivity contribution in [1.82, 2.24) is 9.80 Å². The third kappa shape index (κ3) is 4.16. The van der Waals surface area contributed by atoms with Crippen LogP contribution in [0.15, 0.2) is 12.1 Å². The van der Waals surface area contributed by atoms with Gasteiger partial charge in [-0.1, -0.05) is 0 Å². The normalized spacial score (nSPS) is 10.9. The molecule has 0 bridgehead atoms. The van der Waals surface area contributed by atoms with Crippen LogP contribution in [0.5, 0.6) is 0 Å². The van der Waals surface area contributed by atoms with E-state index in [1.54, 1.807) is 0 Å². The highest BCUT2D eigenvalue weighted by atomic mass is 19.1. The van der Waals surface area contributed by atoms with E-state index in [1.807, 2.05) is 25.9 Å². The Hall–Kier alpha value is -1.69. The number of rotatable bonds is 6. The first-order chi connectivity index (χ1) is 9.36. The summed E-state index contributed by atoms with van der Waals surface area (Å²) >= 11 is 0. The number of halogens is 2. The average Bonchev–Trinajstić information content (AvgIpc) is 2.38. The fourth-order valence-corrected chi connectivity index (χ4v) is 1.88. The van der Waals surface area contributed by atoms with E-state index in [1.165, 1.54) is 4.90 Å². The maximum absolute atomic E-state index is 13.7. The average molecular weight is 285 g/mol. The van der Waals surface area contributed by atoms with Crippen molar-refractivity contribution in [2.75, 3.05) is 39.5 Å². The summed E-state index contributed by atoms with van der Waals surface area (Å²) in [4.78, 5) is 15.8. The zero-order valence-electron chi connectivity index (χ0n) is 12.1. The SMILES string of the molecule is CCN(CCCN(C)C)C(=O)c1cc(N)c(F)cc1F. The molecule has 0 aliphatic heterocycles. The number of benzene rings is 1. The lowest BCUT2D eigenvalue weighted by Gasteiger charge is -2.22. The summed E-state index contributed by atoms with van der Waals surface area (Å²) in [6.45, 7) is 3.63. The van der Waals surface area contributed by atoms with Gasteiger partial charge in [0.1, 0.15) is 11.6 Å². The Labute approximate surface area is 118 Å². The molecule has 1 aromatic carbocycles. The molecule has 0 unspecified atom stereocenters. The van der Waals surface area contributed by atoms with E-state index in [-0.39, 0.29) is 11.3 Å². The second-order valence-electron chi connectivity index (χ2n) is 4.90. The number of amides is 1. The summed E-state index contributed by atoms with van der Waals surface area (Å²) in [6.07, 6.45) is 0.783. The molecule has 0 radical (unpaired) electrons. The minimum Gasteiger partial charge on any atom is -0.396 e. The zero-order chi connectivity index (χ0) is 15.3. The van der Waals surface area contributed by atoms with Crippen LogP contribution in [0.25, 0.3) is 0 Å². The number of nitrogens with two attached hydrogens (primary N) is 1. The molecule has 0 saturated carbocycles. The number of carbonyl (C=O) groups excluding carboxylic acids is 1. The first-order valence-electron chi connectivity index (χ1n) is 6.55. The Morgan fingerprint density at radius 3 is 2.40 bits per heavy atom. The lowest BCUT2D eigenvalue weighted by molar-refractivity contribution is 0.0754. The molecule has 0 saturated heterocycles. The van der Waals surface area contributed by atoms with E-state index in [9.17, 15) is 13.6 Å². The molecule has 20 heavy (non-hydrogen) atoms. The maximum atomic E-state index is 13.7. The van der Waals surface area contributed by atoms with Crippen LogP contribution in [0.1, 0.15) is 23.7 Å². The molecule has 1 rings (SSSR count). The fourth-order valence-electron chi connectivity index (χ4n) is 1.88. The van der Waals surface area contributed by atoms with Crippen molar-refractivity contribution in [3.63, 3.8) is 0 Å². The molecule has 0 aliphatic rings. The highest BCUT2D eigenvalue weighted by Crippen LogP contribution is 2.18. The predicted molar refractivity (Wildman–Crippen MR) is 75.5 cm³/mol. The number of carbonyl (C=O) groups is 1. The molecule has 0 aromatic heterocycles. The Bertz CT molecular complexity index is 478. The van der Waals surface area contributed by atoms with Crippen LogP contribution < -0.4 is 5.73 Å². The van der Waals surface area contributed by atoms with Gasteiger partial charge >= 0.3 is 0 Å². The Morgan fingerprint density at radius 1 is 1.20 bits per heavy atom. The van der Waals surface area contributed by atoms with Crippen LogP contribution in [0.4, 0.5) is 14.5 Å². The summed E-state index contributed by atoms with van der Waals surface area (Å²) in [6, 6.07) is 1.71. The van der Waals surface area contributed by atoms with Crippen LogP contribution in [0.3, 0.4) is 0 Å². The lowest BCUT2D eigenvalue weighted by Crippen LogP contribution is -2.34. The van der Waals surface area contributed by atoms with Gasteiger partial charge in [-0.3, -0.25) is 4.79 Å². The molecule has 0 aliphatic carbocycles. The molecule has 0 heterocycles. The highest BCUT2D eigenvalue weighted by Gasteiger charge is 2.19. The first-order valence-corrected chi connectivity index (χ1v) is 6.55. The number of hydrogen-bond donors (Lipinski definition) is 1. The predicted octanol–water partition coefficient (Wildman–Crippen LogP) is 1.96. The topological polar surface area (TPSA) is 49.6 Å². The van der Waals surface area contributed by atoms with E-state index < -0.39 is 17.5 Å². The molecular formula is C14H21F2N3O. The van der Waals surface area contributed by atoms with Gasteiger partial charge in [-0.25, -0.2) is 8.78 Å². The molecule has 4 nitrogen and oxygen atoms in total. The summed E-state index contributed by atoms with van der Waals surface area (Å²) < 4.78 is 26.8. The van der Waals surface area contributed by atoms with E-state index >= 15 is 0 Å². The van der Waals surface area contributed by atoms with Gasteiger partial charge in [-0.15, -0.1) is 0 Å². The third-order valence-corrected chi connectivity index (χ3v) is 3.02. The second-order valence-corrected chi connectivity index (χ2v) is 4.90. The first kappa shape index (κ1) is 16.4. The number of nitrogens with zero attached hydrogens (tertiary/aromatic N) is 2. The van der Waals surface area contributed by atoms with Gasteiger partial charge in [-0.05, 0) is 40.1 Å². The van der Waals surface area contributed by atoms with Crippen molar-refractivity contribution < 1.29 is 13.6 Å². The van der Waals surface area contributed by atoms with Gasteiger partial charge in [0.05, 0.1) is 11.3 Å². The van der Waals surface area contributed by atoms with E-state index in [2.05, 4.69) is 0 Å². The largest absolute Gasteiger partial charge is 0.396 e. The molecule has 6 heteroatoms. The summed E-state index contributed by atoms with van der Waals surface area (Å²) in [7, 11) is 3.89. The van der Waals surface area contributed by atoms with Gasteiger partial charge in [0, 0.05) is 19.2 Å². The zero-order valence-corrected chi connectivity index (χ0v) is 12.1. The van der Waals surface area contributed by atoms with Crippen LogP contribution in [0, 0.1) is 11.6 Å². The molecular weight excluding hydrogens is 264 g/mol.